The highest BCUT2D eigenvalue weighted by molar-refractivity contribution is 5.95. The van der Waals surface area contributed by atoms with Gasteiger partial charge >= 0.3 is 5.97 Å². The molecule has 6 nitrogen and oxygen atoms in total. The lowest BCUT2D eigenvalue weighted by molar-refractivity contribution is -0.145. The summed E-state index contributed by atoms with van der Waals surface area (Å²) in [5.74, 6) is 0.0531. The van der Waals surface area contributed by atoms with Gasteiger partial charge in [0, 0.05) is 11.8 Å². The molecule has 0 bridgehead atoms. The summed E-state index contributed by atoms with van der Waals surface area (Å²) in [4.78, 5) is 23.2. The lowest BCUT2D eigenvalue weighted by Gasteiger charge is -2.12. The zero-order chi connectivity index (χ0) is 15.1. The van der Waals surface area contributed by atoms with Crippen LogP contribution >= 0.6 is 12.4 Å². The first kappa shape index (κ1) is 18.3. The summed E-state index contributed by atoms with van der Waals surface area (Å²) < 4.78 is 10.1. The van der Waals surface area contributed by atoms with E-state index in [1.165, 1.54) is 0 Å². The molecule has 122 valence electrons. The van der Waals surface area contributed by atoms with Gasteiger partial charge in [-0.1, -0.05) is 6.07 Å². The third-order valence-corrected chi connectivity index (χ3v) is 3.14. The Labute approximate surface area is 136 Å². The van der Waals surface area contributed by atoms with Crippen molar-refractivity contribution in [3.05, 3.63) is 24.3 Å². The highest BCUT2D eigenvalue weighted by atomic mass is 35.5. The molecule has 22 heavy (non-hydrogen) atoms. The first-order valence-corrected chi connectivity index (χ1v) is 7.12. The summed E-state index contributed by atoms with van der Waals surface area (Å²) in [6.07, 6.45) is 1.87. The van der Waals surface area contributed by atoms with Crippen LogP contribution in [-0.4, -0.2) is 37.7 Å². The van der Waals surface area contributed by atoms with E-state index in [2.05, 4.69) is 10.6 Å². The van der Waals surface area contributed by atoms with Gasteiger partial charge in [0.15, 0.2) is 6.61 Å². The molecule has 1 aliphatic rings. The number of nitrogens with one attached hydrogen (secondary N) is 2. The molecule has 0 radical (unpaired) electrons. The second-order valence-electron chi connectivity index (χ2n) is 4.76. The fourth-order valence-electron chi connectivity index (χ4n) is 2.15. The number of benzene rings is 1. The maximum atomic E-state index is 12.0. The molecule has 1 aromatic carbocycles. The summed E-state index contributed by atoms with van der Waals surface area (Å²) in [5.41, 5.74) is 0.648. The highest BCUT2D eigenvalue weighted by Crippen LogP contribution is 2.18. The number of carbonyl (C=O) groups is 2. The van der Waals surface area contributed by atoms with Gasteiger partial charge in [-0.2, -0.15) is 0 Å². The Balaban J connectivity index is 0.00000242. The van der Waals surface area contributed by atoms with Crippen LogP contribution in [0.25, 0.3) is 0 Å². The van der Waals surface area contributed by atoms with E-state index in [1.807, 2.05) is 0 Å². The lowest BCUT2D eigenvalue weighted by atomic mass is 10.2. The van der Waals surface area contributed by atoms with Gasteiger partial charge in [0.1, 0.15) is 5.75 Å². The zero-order valence-corrected chi connectivity index (χ0v) is 13.3. The minimum absolute atomic E-state index is 0. The number of anilines is 1. The van der Waals surface area contributed by atoms with Crippen LogP contribution in [0.3, 0.4) is 0 Å². The lowest BCUT2D eigenvalue weighted by Crippen LogP contribution is -2.35. The standard InChI is InChI=1S/C15H20N2O4.ClH/c1-2-20-14(18)10-21-12-6-3-5-11(9-12)17-15(19)13-7-4-8-16-13;/h3,5-6,9,13,16H,2,4,7-8,10H2,1H3,(H,17,19);1H. The largest absolute Gasteiger partial charge is 0.482 e. The van der Waals surface area contributed by atoms with E-state index in [-0.39, 0.29) is 31.0 Å². The molecule has 0 spiro atoms. The Bertz CT molecular complexity index is 504. The molecule has 1 atom stereocenters. The first-order chi connectivity index (χ1) is 10.2. The van der Waals surface area contributed by atoms with Crippen molar-refractivity contribution in [2.45, 2.75) is 25.8 Å². The maximum absolute atomic E-state index is 12.0. The molecule has 1 unspecified atom stereocenters. The van der Waals surface area contributed by atoms with Crippen molar-refractivity contribution in [1.82, 2.24) is 5.32 Å². The van der Waals surface area contributed by atoms with Crippen molar-refractivity contribution >= 4 is 30.0 Å². The quantitative estimate of drug-likeness (QED) is 0.778. The number of ether oxygens (including phenoxy) is 2. The molecule has 1 saturated heterocycles. The highest BCUT2D eigenvalue weighted by Gasteiger charge is 2.21. The Morgan fingerprint density at radius 2 is 2.23 bits per heavy atom. The number of hydrogen-bond donors (Lipinski definition) is 2. The minimum atomic E-state index is -0.415. The number of carbonyl (C=O) groups excluding carboxylic acids is 2. The van der Waals surface area contributed by atoms with Gasteiger partial charge in [-0.25, -0.2) is 4.79 Å². The molecular formula is C15H21ClN2O4. The van der Waals surface area contributed by atoms with Crippen molar-refractivity contribution in [2.24, 2.45) is 0 Å². The van der Waals surface area contributed by atoms with Gasteiger partial charge in [0.2, 0.25) is 5.91 Å². The van der Waals surface area contributed by atoms with Crippen LogP contribution in [0.5, 0.6) is 5.75 Å². The van der Waals surface area contributed by atoms with Crippen LogP contribution in [-0.2, 0) is 14.3 Å². The van der Waals surface area contributed by atoms with Crippen LogP contribution in [0.1, 0.15) is 19.8 Å². The van der Waals surface area contributed by atoms with Crippen LogP contribution in [0.15, 0.2) is 24.3 Å². The zero-order valence-electron chi connectivity index (χ0n) is 12.5. The van der Waals surface area contributed by atoms with E-state index in [4.69, 9.17) is 9.47 Å². The minimum Gasteiger partial charge on any atom is -0.482 e. The number of halogens is 1. The molecule has 2 N–H and O–H groups in total. The van der Waals surface area contributed by atoms with E-state index < -0.39 is 5.97 Å². The third-order valence-electron chi connectivity index (χ3n) is 3.14. The molecular weight excluding hydrogens is 308 g/mol. The number of amides is 1. The second kappa shape index (κ2) is 9.27. The van der Waals surface area contributed by atoms with Crippen molar-refractivity contribution in [1.29, 1.82) is 0 Å². The normalized spacial score (nSPS) is 16.5. The number of esters is 1. The predicted octanol–water partition coefficient (Wildman–Crippen LogP) is 1.74. The summed E-state index contributed by atoms with van der Waals surface area (Å²) in [6, 6.07) is 6.82. The van der Waals surface area contributed by atoms with Gasteiger partial charge < -0.3 is 20.1 Å². The molecule has 1 amide bonds. The Kier molecular flexibility index (Phi) is 7.70. The van der Waals surface area contributed by atoms with Gasteiger partial charge in [-0.3, -0.25) is 4.79 Å². The second-order valence-corrected chi connectivity index (χ2v) is 4.76. The van der Waals surface area contributed by atoms with Gasteiger partial charge in [0.05, 0.1) is 12.6 Å². The SMILES string of the molecule is CCOC(=O)COc1cccc(NC(=O)C2CCCN2)c1.Cl. The van der Waals surface area contributed by atoms with Crippen LogP contribution in [0.4, 0.5) is 5.69 Å². The average molecular weight is 329 g/mol. The van der Waals surface area contributed by atoms with Crippen LogP contribution in [0.2, 0.25) is 0 Å². The monoisotopic (exact) mass is 328 g/mol. The molecule has 0 saturated carbocycles. The summed E-state index contributed by atoms with van der Waals surface area (Å²) in [6.45, 7) is 2.80. The molecule has 2 rings (SSSR count). The van der Waals surface area contributed by atoms with Crippen molar-refractivity contribution in [2.75, 3.05) is 25.1 Å². The average Bonchev–Trinajstić information content (AvgIpc) is 3.00. The van der Waals surface area contributed by atoms with E-state index >= 15 is 0 Å². The van der Waals surface area contributed by atoms with Crippen LogP contribution in [0, 0.1) is 0 Å². The molecule has 0 aromatic heterocycles. The van der Waals surface area contributed by atoms with E-state index in [1.54, 1.807) is 31.2 Å². The maximum Gasteiger partial charge on any atom is 0.344 e. The summed E-state index contributed by atoms with van der Waals surface area (Å²) in [7, 11) is 0. The van der Waals surface area contributed by atoms with E-state index in [0.717, 1.165) is 19.4 Å². The number of hydrogen-bond acceptors (Lipinski definition) is 5. The Hall–Kier alpha value is -1.79. The van der Waals surface area contributed by atoms with E-state index in [9.17, 15) is 9.59 Å². The smallest absolute Gasteiger partial charge is 0.344 e. The molecule has 0 aliphatic carbocycles. The van der Waals surface area contributed by atoms with Gasteiger partial charge in [-0.05, 0) is 38.4 Å². The van der Waals surface area contributed by atoms with E-state index in [0.29, 0.717) is 18.0 Å². The Morgan fingerprint density at radius 1 is 1.41 bits per heavy atom. The molecule has 7 heteroatoms. The van der Waals surface area contributed by atoms with Crippen molar-refractivity contribution in [3.8, 4) is 5.75 Å². The predicted molar refractivity (Wildman–Crippen MR) is 85.5 cm³/mol. The molecule has 1 heterocycles. The third kappa shape index (κ3) is 5.54. The van der Waals surface area contributed by atoms with Gasteiger partial charge in [0.25, 0.3) is 0 Å². The Morgan fingerprint density at radius 3 is 2.91 bits per heavy atom. The summed E-state index contributed by atoms with van der Waals surface area (Å²) in [5, 5.41) is 5.98. The molecule has 1 aromatic rings. The van der Waals surface area contributed by atoms with Crippen molar-refractivity contribution in [3.63, 3.8) is 0 Å². The number of rotatable bonds is 6. The molecule has 1 aliphatic heterocycles. The van der Waals surface area contributed by atoms with Gasteiger partial charge in [-0.15, -0.1) is 12.4 Å². The fraction of sp³-hybridized carbons (Fsp3) is 0.467. The van der Waals surface area contributed by atoms with Crippen LogP contribution < -0.4 is 15.4 Å². The topological polar surface area (TPSA) is 76.7 Å². The molecule has 1 fully saturated rings. The van der Waals surface area contributed by atoms with Crippen molar-refractivity contribution < 1.29 is 19.1 Å². The first-order valence-electron chi connectivity index (χ1n) is 7.12. The fourth-order valence-corrected chi connectivity index (χ4v) is 2.15. The summed E-state index contributed by atoms with van der Waals surface area (Å²) >= 11 is 0.